The van der Waals surface area contributed by atoms with Crippen LogP contribution in [0.1, 0.15) is 5.56 Å². The molecule has 2 aromatic carbocycles. The topological polar surface area (TPSA) is 96.3 Å². The Kier molecular flexibility index (Phi) is 5.70. The molecule has 4 N–H and O–H groups in total. The van der Waals surface area contributed by atoms with Gasteiger partial charge in [-0.3, -0.25) is 0 Å². The van der Waals surface area contributed by atoms with E-state index in [1.165, 1.54) is 0 Å². The van der Waals surface area contributed by atoms with Crippen molar-refractivity contribution in [3.05, 3.63) is 52.0 Å². The van der Waals surface area contributed by atoms with E-state index in [0.29, 0.717) is 49.8 Å². The first-order valence-corrected chi connectivity index (χ1v) is 8.78. The maximum Gasteiger partial charge on any atom is 0.165 e. The Labute approximate surface area is 167 Å². The Bertz CT molecular complexity index is 996. The van der Waals surface area contributed by atoms with E-state index in [0.717, 1.165) is 0 Å². The van der Waals surface area contributed by atoms with Gasteiger partial charge in [0.2, 0.25) is 0 Å². The Morgan fingerprint density at radius 1 is 0.963 bits per heavy atom. The third kappa shape index (κ3) is 3.78. The Balaban J connectivity index is 2.24. The van der Waals surface area contributed by atoms with Crippen LogP contribution in [0.5, 0.6) is 11.5 Å². The van der Waals surface area contributed by atoms with Gasteiger partial charge in [-0.2, -0.15) is 0 Å². The molecule has 0 bridgehead atoms. The minimum Gasteiger partial charge on any atom is -0.497 e. The van der Waals surface area contributed by atoms with Gasteiger partial charge in [0.25, 0.3) is 0 Å². The second-order valence-electron chi connectivity index (χ2n) is 5.65. The van der Waals surface area contributed by atoms with E-state index in [4.69, 9.17) is 44.1 Å². The number of rotatable bonds is 5. The Morgan fingerprint density at radius 3 is 2.33 bits per heavy atom. The van der Waals surface area contributed by atoms with Crippen molar-refractivity contribution in [2.75, 3.05) is 20.0 Å². The number of ether oxygens (including phenoxy) is 2. The molecule has 0 unspecified atom stereocenters. The van der Waals surface area contributed by atoms with E-state index in [2.05, 4.69) is 9.97 Å². The van der Waals surface area contributed by atoms with Crippen LogP contribution in [0.15, 0.2) is 36.4 Å². The first-order chi connectivity index (χ1) is 13.0. The van der Waals surface area contributed by atoms with Crippen LogP contribution >= 0.6 is 23.2 Å². The molecule has 3 aromatic rings. The lowest BCUT2D eigenvalue weighted by Gasteiger charge is -2.15. The summed E-state index contributed by atoms with van der Waals surface area (Å²) < 4.78 is 10.7. The first kappa shape index (κ1) is 19.2. The van der Waals surface area contributed by atoms with Crippen molar-refractivity contribution in [1.29, 1.82) is 0 Å². The van der Waals surface area contributed by atoms with Crippen LogP contribution in [-0.2, 0) is 6.54 Å². The van der Waals surface area contributed by atoms with Gasteiger partial charge in [0.05, 0.1) is 30.5 Å². The summed E-state index contributed by atoms with van der Waals surface area (Å²) in [5, 5.41) is 0.972. The van der Waals surface area contributed by atoms with E-state index in [1.54, 1.807) is 44.6 Å². The molecule has 0 aliphatic rings. The van der Waals surface area contributed by atoms with Crippen molar-refractivity contribution in [3.8, 4) is 34.1 Å². The largest absolute Gasteiger partial charge is 0.497 e. The molecule has 1 heterocycles. The lowest BCUT2D eigenvalue weighted by Crippen LogP contribution is -2.09. The number of halogens is 2. The molecule has 0 spiro atoms. The van der Waals surface area contributed by atoms with E-state index >= 15 is 0 Å². The van der Waals surface area contributed by atoms with E-state index < -0.39 is 0 Å². The molecule has 0 saturated carbocycles. The number of aromatic nitrogens is 2. The van der Waals surface area contributed by atoms with Crippen molar-refractivity contribution in [1.82, 2.24) is 9.97 Å². The van der Waals surface area contributed by atoms with Crippen LogP contribution in [0.25, 0.3) is 22.6 Å². The first-order valence-electron chi connectivity index (χ1n) is 8.02. The number of nitrogens with two attached hydrogens (primary N) is 2. The summed E-state index contributed by atoms with van der Waals surface area (Å²) in [4.78, 5) is 9.09. The zero-order valence-electron chi connectivity index (χ0n) is 14.8. The third-order valence-corrected chi connectivity index (χ3v) is 4.63. The number of hydrogen-bond acceptors (Lipinski definition) is 6. The zero-order valence-corrected chi connectivity index (χ0v) is 16.3. The van der Waals surface area contributed by atoms with Crippen molar-refractivity contribution < 1.29 is 9.47 Å². The van der Waals surface area contributed by atoms with Crippen molar-refractivity contribution in [2.24, 2.45) is 5.73 Å². The fourth-order valence-corrected chi connectivity index (χ4v) is 3.21. The predicted molar refractivity (Wildman–Crippen MR) is 108 cm³/mol. The summed E-state index contributed by atoms with van der Waals surface area (Å²) in [6.07, 6.45) is 0. The van der Waals surface area contributed by atoms with Gasteiger partial charge >= 0.3 is 0 Å². The standard InChI is InChI=1S/C19H18Cl2N4O2/c1-26-11-4-6-13(16(8-11)27-2)19-24-17(14(9-22)18(23)25-19)12-5-3-10(20)7-15(12)21/h3-8H,9,22H2,1-2H3,(H2,23,24,25). The van der Waals surface area contributed by atoms with Crippen LogP contribution in [0.3, 0.4) is 0 Å². The number of anilines is 1. The van der Waals surface area contributed by atoms with Gasteiger partial charge in [0.15, 0.2) is 5.82 Å². The molecule has 8 heteroatoms. The van der Waals surface area contributed by atoms with Crippen LogP contribution < -0.4 is 20.9 Å². The summed E-state index contributed by atoms with van der Waals surface area (Å²) >= 11 is 12.4. The summed E-state index contributed by atoms with van der Waals surface area (Å²) in [6, 6.07) is 10.5. The van der Waals surface area contributed by atoms with Crippen LogP contribution in [0.4, 0.5) is 5.82 Å². The minimum absolute atomic E-state index is 0.167. The highest BCUT2D eigenvalue weighted by Gasteiger charge is 2.19. The highest BCUT2D eigenvalue weighted by atomic mass is 35.5. The maximum atomic E-state index is 6.37. The number of benzene rings is 2. The molecule has 0 aliphatic heterocycles. The molecular weight excluding hydrogens is 387 g/mol. The molecule has 0 atom stereocenters. The highest BCUT2D eigenvalue weighted by molar-refractivity contribution is 6.36. The van der Waals surface area contributed by atoms with Gasteiger partial charge in [-0.25, -0.2) is 9.97 Å². The predicted octanol–water partition coefficient (Wildman–Crippen LogP) is 4.18. The molecule has 1 aromatic heterocycles. The van der Waals surface area contributed by atoms with Gasteiger partial charge in [0.1, 0.15) is 17.3 Å². The van der Waals surface area contributed by atoms with Crippen molar-refractivity contribution in [2.45, 2.75) is 6.54 Å². The quantitative estimate of drug-likeness (QED) is 0.661. The fraction of sp³-hybridized carbons (Fsp3) is 0.158. The molecule has 0 amide bonds. The van der Waals surface area contributed by atoms with Crippen LogP contribution in [0, 0.1) is 0 Å². The summed E-state index contributed by atoms with van der Waals surface area (Å²) in [5.74, 6) is 1.89. The summed E-state index contributed by atoms with van der Waals surface area (Å²) in [6.45, 7) is 0.167. The van der Waals surface area contributed by atoms with Gasteiger partial charge in [0, 0.05) is 28.8 Å². The molecular formula is C19H18Cl2N4O2. The molecule has 6 nitrogen and oxygen atoms in total. The van der Waals surface area contributed by atoms with E-state index in [-0.39, 0.29) is 12.4 Å². The van der Waals surface area contributed by atoms with E-state index in [9.17, 15) is 0 Å². The smallest absolute Gasteiger partial charge is 0.165 e. The molecule has 140 valence electrons. The lowest BCUT2D eigenvalue weighted by atomic mass is 10.0. The zero-order chi connectivity index (χ0) is 19.6. The lowest BCUT2D eigenvalue weighted by molar-refractivity contribution is 0.395. The minimum atomic E-state index is 0.167. The van der Waals surface area contributed by atoms with Gasteiger partial charge in [-0.05, 0) is 30.3 Å². The summed E-state index contributed by atoms with van der Waals surface area (Å²) in [5.41, 5.74) is 14.5. The molecule has 0 aliphatic carbocycles. The van der Waals surface area contributed by atoms with Gasteiger partial charge in [-0.15, -0.1) is 0 Å². The average Bonchev–Trinajstić information content (AvgIpc) is 2.66. The number of hydrogen-bond donors (Lipinski definition) is 2. The van der Waals surface area contributed by atoms with Crippen molar-refractivity contribution >= 4 is 29.0 Å². The fourth-order valence-electron chi connectivity index (χ4n) is 2.71. The average molecular weight is 405 g/mol. The normalized spacial score (nSPS) is 10.7. The van der Waals surface area contributed by atoms with Crippen LogP contribution in [0.2, 0.25) is 10.0 Å². The second kappa shape index (κ2) is 8.00. The van der Waals surface area contributed by atoms with E-state index in [1.807, 2.05) is 6.07 Å². The molecule has 0 saturated heterocycles. The molecule has 3 rings (SSSR count). The Hall–Kier alpha value is -2.54. The molecule has 0 fully saturated rings. The highest BCUT2D eigenvalue weighted by Crippen LogP contribution is 2.37. The second-order valence-corrected chi connectivity index (χ2v) is 6.50. The SMILES string of the molecule is COc1ccc(-c2nc(N)c(CN)c(-c3ccc(Cl)cc3Cl)n2)c(OC)c1. The number of nitrogens with zero attached hydrogens (tertiary/aromatic N) is 2. The number of nitrogen functional groups attached to an aromatic ring is 1. The van der Waals surface area contributed by atoms with Gasteiger partial charge < -0.3 is 20.9 Å². The van der Waals surface area contributed by atoms with Gasteiger partial charge in [-0.1, -0.05) is 23.2 Å². The van der Waals surface area contributed by atoms with Crippen LogP contribution in [-0.4, -0.2) is 24.2 Å². The monoisotopic (exact) mass is 404 g/mol. The maximum absolute atomic E-state index is 6.37. The molecule has 0 radical (unpaired) electrons. The Morgan fingerprint density at radius 2 is 1.70 bits per heavy atom. The third-order valence-electron chi connectivity index (χ3n) is 4.08. The summed E-state index contributed by atoms with van der Waals surface area (Å²) in [7, 11) is 3.15. The molecule has 27 heavy (non-hydrogen) atoms. The number of methoxy groups -OCH3 is 2. The van der Waals surface area contributed by atoms with Crippen molar-refractivity contribution in [3.63, 3.8) is 0 Å².